The van der Waals surface area contributed by atoms with Crippen LogP contribution >= 0.6 is 15.9 Å². The Bertz CT molecular complexity index is 132. The van der Waals surface area contributed by atoms with Crippen LogP contribution in [0.2, 0.25) is 0 Å². The first-order valence-corrected chi connectivity index (χ1v) is 4.36. The van der Waals surface area contributed by atoms with Crippen LogP contribution < -0.4 is 0 Å². The summed E-state index contributed by atoms with van der Waals surface area (Å²) in [6.07, 6.45) is 1.33. The van der Waals surface area contributed by atoms with E-state index in [1.807, 2.05) is 0 Å². The molecule has 0 radical (unpaired) electrons. The van der Waals surface area contributed by atoms with Crippen molar-refractivity contribution in [2.75, 3.05) is 5.33 Å². The molecule has 0 bridgehead atoms. The number of ketones is 2. The second-order valence-corrected chi connectivity index (χ2v) is 2.97. The summed E-state index contributed by atoms with van der Waals surface area (Å²) in [6.45, 7) is 1.50. The number of Topliss-reactive ketones (excluding diaryl/α,β-unsaturated/α-hetero) is 2. The van der Waals surface area contributed by atoms with E-state index in [4.69, 9.17) is 0 Å². The van der Waals surface area contributed by atoms with Gasteiger partial charge in [-0.1, -0.05) is 15.9 Å². The summed E-state index contributed by atoms with van der Waals surface area (Å²) in [7, 11) is 0. The van der Waals surface area contributed by atoms with E-state index >= 15 is 0 Å². The lowest BCUT2D eigenvalue weighted by Gasteiger charge is -1.93. The Labute approximate surface area is 69.1 Å². The molecule has 0 atom stereocenters. The molecule has 0 unspecified atom stereocenters. The molecule has 0 N–H and O–H groups in total. The van der Waals surface area contributed by atoms with Crippen LogP contribution in [0.4, 0.5) is 0 Å². The fraction of sp³-hybridized carbons (Fsp3) is 0.714. The highest BCUT2D eigenvalue weighted by molar-refractivity contribution is 9.09. The molecule has 2 nitrogen and oxygen atoms in total. The number of rotatable bonds is 5. The third-order valence-corrected chi connectivity index (χ3v) is 1.53. The second-order valence-electron chi connectivity index (χ2n) is 2.18. The largest absolute Gasteiger partial charge is 0.300 e. The number of hydrogen-bond donors (Lipinski definition) is 0. The maximum atomic E-state index is 10.8. The van der Waals surface area contributed by atoms with Gasteiger partial charge in [-0.25, -0.2) is 0 Å². The maximum Gasteiger partial charge on any atom is 0.134 e. The van der Waals surface area contributed by atoms with E-state index in [1.54, 1.807) is 0 Å². The highest BCUT2D eigenvalue weighted by Gasteiger charge is 2.01. The van der Waals surface area contributed by atoms with Crippen molar-refractivity contribution in [1.82, 2.24) is 0 Å². The maximum absolute atomic E-state index is 10.8. The monoisotopic (exact) mass is 206 g/mol. The van der Waals surface area contributed by atoms with Crippen molar-refractivity contribution in [2.24, 2.45) is 0 Å². The van der Waals surface area contributed by atoms with Crippen LogP contribution in [-0.4, -0.2) is 16.9 Å². The number of carbonyl (C=O) groups excluding carboxylic acids is 2. The van der Waals surface area contributed by atoms with Crippen LogP contribution in [0.15, 0.2) is 0 Å². The van der Waals surface area contributed by atoms with Crippen LogP contribution in [-0.2, 0) is 9.59 Å². The Balaban J connectivity index is 3.30. The van der Waals surface area contributed by atoms with E-state index in [0.717, 1.165) is 0 Å². The molecule has 10 heavy (non-hydrogen) atoms. The molecule has 0 saturated carbocycles. The van der Waals surface area contributed by atoms with Crippen LogP contribution in [0.3, 0.4) is 0 Å². The average molecular weight is 207 g/mol. The second kappa shape index (κ2) is 5.59. The van der Waals surface area contributed by atoms with Crippen molar-refractivity contribution in [3.63, 3.8) is 0 Å². The number of alkyl halides is 1. The third kappa shape index (κ3) is 5.95. The molecule has 0 fully saturated rings. The summed E-state index contributed by atoms with van der Waals surface area (Å²) in [5, 5.41) is 0.698. The van der Waals surface area contributed by atoms with Crippen molar-refractivity contribution in [1.29, 1.82) is 0 Å². The molecular formula is C7H11BrO2. The minimum Gasteiger partial charge on any atom is -0.300 e. The topological polar surface area (TPSA) is 34.1 Å². The predicted molar refractivity (Wildman–Crippen MR) is 43.3 cm³/mol. The molecule has 0 heterocycles. The minimum absolute atomic E-state index is 0.0860. The first-order valence-electron chi connectivity index (χ1n) is 3.24. The zero-order chi connectivity index (χ0) is 7.98. The van der Waals surface area contributed by atoms with Crippen LogP contribution in [0.1, 0.15) is 26.2 Å². The quantitative estimate of drug-likeness (QED) is 0.643. The molecule has 0 aromatic rings. The van der Waals surface area contributed by atoms with Crippen molar-refractivity contribution < 1.29 is 9.59 Å². The molecule has 0 amide bonds. The van der Waals surface area contributed by atoms with Crippen molar-refractivity contribution in [3.05, 3.63) is 0 Å². The van der Waals surface area contributed by atoms with E-state index < -0.39 is 0 Å². The summed E-state index contributed by atoms with van der Waals surface area (Å²) in [5.74, 6) is 0.245. The van der Waals surface area contributed by atoms with E-state index in [2.05, 4.69) is 15.9 Å². The Morgan fingerprint density at radius 3 is 2.20 bits per heavy atom. The van der Waals surface area contributed by atoms with E-state index in [0.29, 0.717) is 24.6 Å². The summed E-state index contributed by atoms with van der Waals surface area (Å²) in [4.78, 5) is 21.2. The smallest absolute Gasteiger partial charge is 0.134 e. The van der Waals surface area contributed by atoms with Gasteiger partial charge in [0.05, 0.1) is 0 Å². The van der Waals surface area contributed by atoms with Crippen molar-refractivity contribution in [2.45, 2.75) is 26.2 Å². The number of hydrogen-bond acceptors (Lipinski definition) is 2. The van der Waals surface area contributed by atoms with Gasteiger partial charge in [0.2, 0.25) is 0 Å². The van der Waals surface area contributed by atoms with Gasteiger partial charge in [-0.3, -0.25) is 4.79 Å². The normalized spacial score (nSPS) is 9.40. The van der Waals surface area contributed by atoms with Gasteiger partial charge >= 0.3 is 0 Å². The zero-order valence-corrected chi connectivity index (χ0v) is 7.61. The SMILES string of the molecule is CC(=O)CCC(=O)CCBr. The summed E-state index contributed by atoms with van der Waals surface area (Å²) in [6, 6.07) is 0. The molecule has 0 aromatic carbocycles. The fourth-order valence-electron chi connectivity index (χ4n) is 0.546. The van der Waals surface area contributed by atoms with Crippen LogP contribution in [0.5, 0.6) is 0 Å². The first-order chi connectivity index (χ1) is 4.66. The van der Waals surface area contributed by atoms with Gasteiger partial charge in [0.1, 0.15) is 11.6 Å². The highest BCUT2D eigenvalue weighted by atomic mass is 79.9. The van der Waals surface area contributed by atoms with Crippen LogP contribution in [0.25, 0.3) is 0 Å². The Morgan fingerprint density at radius 1 is 1.20 bits per heavy atom. The average Bonchev–Trinajstić information content (AvgIpc) is 1.85. The Kier molecular flexibility index (Phi) is 5.49. The number of halogens is 1. The lowest BCUT2D eigenvalue weighted by atomic mass is 10.1. The Morgan fingerprint density at radius 2 is 1.80 bits per heavy atom. The molecule has 0 rings (SSSR count). The molecule has 0 aromatic heterocycles. The van der Waals surface area contributed by atoms with Gasteiger partial charge in [-0.15, -0.1) is 0 Å². The molecule has 0 aliphatic carbocycles. The molecule has 3 heteroatoms. The minimum atomic E-state index is 0.0860. The van der Waals surface area contributed by atoms with Gasteiger partial charge in [0.15, 0.2) is 0 Å². The summed E-state index contributed by atoms with van der Waals surface area (Å²) in [5.41, 5.74) is 0. The summed E-state index contributed by atoms with van der Waals surface area (Å²) < 4.78 is 0. The summed E-state index contributed by atoms with van der Waals surface area (Å²) >= 11 is 3.15. The molecule has 0 spiro atoms. The van der Waals surface area contributed by atoms with Crippen molar-refractivity contribution >= 4 is 27.5 Å². The molecular weight excluding hydrogens is 196 g/mol. The number of carbonyl (C=O) groups is 2. The molecule has 0 saturated heterocycles. The van der Waals surface area contributed by atoms with E-state index in [9.17, 15) is 9.59 Å². The van der Waals surface area contributed by atoms with Gasteiger partial charge in [0, 0.05) is 24.6 Å². The standard InChI is InChI=1S/C7H11BrO2/c1-6(9)2-3-7(10)4-5-8/h2-5H2,1H3. The fourth-order valence-corrected chi connectivity index (χ4v) is 0.988. The predicted octanol–water partition coefficient (Wildman–Crippen LogP) is 1.71. The molecule has 0 aliphatic heterocycles. The van der Waals surface area contributed by atoms with E-state index in [-0.39, 0.29) is 11.6 Å². The zero-order valence-electron chi connectivity index (χ0n) is 6.02. The lowest BCUT2D eigenvalue weighted by Crippen LogP contribution is -2.01. The Hall–Kier alpha value is -0.180. The van der Waals surface area contributed by atoms with Crippen molar-refractivity contribution in [3.8, 4) is 0 Å². The third-order valence-electron chi connectivity index (χ3n) is 1.13. The van der Waals surface area contributed by atoms with Crippen LogP contribution in [0, 0.1) is 0 Å². The first kappa shape index (κ1) is 9.82. The highest BCUT2D eigenvalue weighted by Crippen LogP contribution is 1.97. The van der Waals surface area contributed by atoms with Gasteiger partial charge in [0.25, 0.3) is 0 Å². The van der Waals surface area contributed by atoms with Gasteiger partial charge < -0.3 is 4.79 Å². The van der Waals surface area contributed by atoms with Gasteiger partial charge in [-0.2, -0.15) is 0 Å². The molecule has 58 valence electrons. The van der Waals surface area contributed by atoms with E-state index in [1.165, 1.54) is 6.92 Å². The lowest BCUT2D eigenvalue weighted by molar-refractivity contribution is -0.123. The molecule has 0 aliphatic rings. The van der Waals surface area contributed by atoms with Gasteiger partial charge in [-0.05, 0) is 6.92 Å².